The van der Waals surface area contributed by atoms with Crippen molar-refractivity contribution in [3.05, 3.63) is 31.0 Å². The summed E-state index contributed by atoms with van der Waals surface area (Å²) in [5.74, 6) is -0.242. The third-order valence-electron chi connectivity index (χ3n) is 1.20. The molecule has 1 rings (SSSR count). The predicted octanol–water partition coefficient (Wildman–Crippen LogP) is 0.628. The van der Waals surface area contributed by atoms with Crippen LogP contribution in [0.1, 0.15) is 0 Å². The first kappa shape index (κ1) is 8.72. The van der Waals surface area contributed by atoms with Gasteiger partial charge in [-0.2, -0.15) is 0 Å². The van der Waals surface area contributed by atoms with Crippen LogP contribution in [0.3, 0.4) is 0 Å². The summed E-state index contributed by atoms with van der Waals surface area (Å²) in [6.07, 6.45) is 0. The number of nitro groups is 1. The number of nitrogens with two attached hydrogens (primary N) is 1. The molecule has 0 radical (unpaired) electrons. The first-order valence-electron chi connectivity index (χ1n) is 2.85. The lowest BCUT2D eigenvalue weighted by molar-refractivity contribution is -0.384. The molecule has 0 spiro atoms. The van der Waals surface area contributed by atoms with Gasteiger partial charge < -0.3 is 10.7 Å². The van der Waals surface area contributed by atoms with Crippen molar-refractivity contribution >= 4 is 27.4 Å². The lowest BCUT2D eigenvalue weighted by Gasteiger charge is -1.95. The lowest BCUT2D eigenvalue weighted by atomic mass is 10.4. The molecule has 7 heteroatoms. The summed E-state index contributed by atoms with van der Waals surface area (Å²) in [5, 5.41) is 10.3. The van der Waals surface area contributed by atoms with E-state index in [4.69, 9.17) is 5.73 Å². The van der Waals surface area contributed by atoms with Crippen LogP contribution in [-0.2, 0) is 0 Å². The van der Waals surface area contributed by atoms with Gasteiger partial charge in [-0.1, -0.05) is 0 Å². The molecule has 0 atom stereocenters. The predicted molar refractivity (Wildman–Crippen MR) is 45.8 cm³/mol. The van der Waals surface area contributed by atoms with Gasteiger partial charge in [0.1, 0.15) is 0 Å². The summed E-state index contributed by atoms with van der Waals surface area (Å²) < 4.78 is 0.0865. The zero-order valence-electron chi connectivity index (χ0n) is 5.70. The Balaban J connectivity index is 3.43. The quantitative estimate of drug-likeness (QED) is 0.549. The van der Waals surface area contributed by atoms with Gasteiger partial charge in [0.2, 0.25) is 0 Å². The van der Waals surface area contributed by atoms with Gasteiger partial charge in [0.05, 0.1) is 9.40 Å². The van der Waals surface area contributed by atoms with Gasteiger partial charge >= 0.3 is 5.69 Å². The minimum Gasteiger partial charge on any atom is -0.379 e. The fourth-order valence-electron chi connectivity index (χ4n) is 0.660. The molecule has 0 bridgehead atoms. The zero-order chi connectivity index (χ0) is 9.30. The Morgan fingerprint density at radius 1 is 1.67 bits per heavy atom. The van der Waals surface area contributed by atoms with Gasteiger partial charge in [-0.25, -0.2) is 0 Å². The van der Waals surface area contributed by atoms with Crippen molar-refractivity contribution in [1.82, 2.24) is 4.98 Å². The minimum absolute atomic E-state index is 0.0865. The third-order valence-corrected chi connectivity index (χ3v) is 1.79. The average molecular weight is 234 g/mol. The molecule has 1 aromatic rings. The van der Waals surface area contributed by atoms with Crippen molar-refractivity contribution in [3.8, 4) is 0 Å². The zero-order valence-corrected chi connectivity index (χ0v) is 7.29. The molecular weight excluding hydrogens is 230 g/mol. The standard InChI is InChI=1S/C5H4BrN3O3/c6-2-1-3(9(11)12)4(7)8-5(2)10/h1H,(H3,7,8,10). The molecule has 6 nitrogen and oxygen atoms in total. The number of anilines is 1. The maximum Gasteiger partial charge on any atom is 0.310 e. The van der Waals surface area contributed by atoms with Crippen LogP contribution in [0.4, 0.5) is 11.5 Å². The number of nitrogens with one attached hydrogen (secondary N) is 1. The number of nitrogens with zero attached hydrogens (tertiary/aromatic N) is 1. The molecule has 0 saturated heterocycles. The van der Waals surface area contributed by atoms with Crippen LogP contribution in [0, 0.1) is 10.1 Å². The molecule has 0 aromatic carbocycles. The maximum absolute atomic E-state index is 10.8. The maximum atomic E-state index is 10.8. The van der Waals surface area contributed by atoms with Crippen LogP contribution in [0.15, 0.2) is 15.3 Å². The molecule has 12 heavy (non-hydrogen) atoms. The Kier molecular flexibility index (Phi) is 2.13. The van der Waals surface area contributed by atoms with Crippen molar-refractivity contribution in [2.75, 3.05) is 5.73 Å². The number of nitrogen functional groups attached to an aromatic ring is 1. The Labute approximate surface area is 74.7 Å². The Morgan fingerprint density at radius 2 is 2.25 bits per heavy atom. The van der Waals surface area contributed by atoms with E-state index < -0.39 is 10.5 Å². The van der Waals surface area contributed by atoms with E-state index in [1.165, 1.54) is 0 Å². The van der Waals surface area contributed by atoms with Crippen molar-refractivity contribution in [1.29, 1.82) is 0 Å². The van der Waals surface area contributed by atoms with E-state index in [2.05, 4.69) is 20.9 Å². The number of halogens is 1. The number of aromatic nitrogens is 1. The molecule has 0 fully saturated rings. The SMILES string of the molecule is Nc1[nH]c(=O)c(Br)cc1[N+](=O)[O-]. The van der Waals surface area contributed by atoms with Crippen LogP contribution >= 0.6 is 15.9 Å². The summed E-state index contributed by atoms with van der Waals surface area (Å²) >= 11 is 2.84. The first-order valence-corrected chi connectivity index (χ1v) is 3.64. The highest BCUT2D eigenvalue weighted by molar-refractivity contribution is 9.10. The molecule has 1 aromatic heterocycles. The van der Waals surface area contributed by atoms with Crippen LogP contribution in [0.5, 0.6) is 0 Å². The summed E-state index contributed by atoms with van der Waals surface area (Å²) in [6.45, 7) is 0. The Bertz CT molecular complexity index is 386. The smallest absolute Gasteiger partial charge is 0.310 e. The normalized spacial score (nSPS) is 9.75. The molecule has 0 aliphatic carbocycles. The van der Waals surface area contributed by atoms with Crippen molar-refractivity contribution in [2.45, 2.75) is 0 Å². The summed E-state index contributed by atoms with van der Waals surface area (Å²) in [6, 6.07) is 1.06. The molecule has 0 amide bonds. The number of aromatic amines is 1. The molecule has 3 N–H and O–H groups in total. The van der Waals surface area contributed by atoms with E-state index >= 15 is 0 Å². The first-order chi connectivity index (χ1) is 5.52. The fourth-order valence-corrected chi connectivity index (χ4v) is 0.976. The monoisotopic (exact) mass is 233 g/mol. The van der Waals surface area contributed by atoms with E-state index in [0.717, 1.165) is 6.07 Å². The second-order valence-corrected chi connectivity index (χ2v) is 2.86. The van der Waals surface area contributed by atoms with E-state index in [-0.39, 0.29) is 16.0 Å². The van der Waals surface area contributed by atoms with Crippen LogP contribution < -0.4 is 11.3 Å². The Hall–Kier alpha value is -1.37. The van der Waals surface area contributed by atoms with Crippen molar-refractivity contribution in [2.24, 2.45) is 0 Å². The molecule has 0 aliphatic heterocycles. The molecule has 0 saturated carbocycles. The largest absolute Gasteiger partial charge is 0.379 e. The highest BCUT2D eigenvalue weighted by atomic mass is 79.9. The van der Waals surface area contributed by atoms with E-state index in [1.54, 1.807) is 0 Å². The van der Waals surface area contributed by atoms with Gasteiger partial charge in [0.15, 0.2) is 5.82 Å². The number of pyridine rings is 1. The highest BCUT2D eigenvalue weighted by Gasteiger charge is 2.13. The second kappa shape index (κ2) is 2.94. The van der Waals surface area contributed by atoms with Crippen LogP contribution in [0.2, 0.25) is 0 Å². The topological polar surface area (TPSA) is 102 Å². The Morgan fingerprint density at radius 3 is 2.75 bits per heavy atom. The molecular formula is C5H4BrN3O3. The third kappa shape index (κ3) is 1.45. The van der Waals surface area contributed by atoms with Gasteiger partial charge in [-0.15, -0.1) is 0 Å². The second-order valence-electron chi connectivity index (χ2n) is 2.00. The van der Waals surface area contributed by atoms with Crippen LogP contribution in [0.25, 0.3) is 0 Å². The van der Waals surface area contributed by atoms with E-state index in [1.807, 2.05) is 0 Å². The van der Waals surface area contributed by atoms with E-state index in [0.29, 0.717) is 0 Å². The summed E-state index contributed by atoms with van der Waals surface area (Å²) in [5.41, 5.74) is 4.37. The lowest BCUT2D eigenvalue weighted by Crippen LogP contribution is -2.11. The van der Waals surface area contributed by atoms with Crippen molar-refractivity contribution < 1.29 is 4.92 Å². The summed E-state index contributed by atoms with van der Waals surface area (Å²) in [4.78, 5) is 22.5. The van der Waals surface area contributed by atoms with Gasteiger partial charge in [-0.3, -0.25) is 14.9 Å². The van der Waals surface area contributed by atoms with Gasteiger partial charge in [0.25, 0.3) is 5.56 Å². The number of hydrogen-bond donors (Lipinski definition) is 2. The van der Waals surface area contributed by atoms with Gasteiger partial charge in [0, 0.05) is 6.07 Å². The minimum atomic E-state index is -0.671. The molecule has 0 aliphatic rings. The van der Waals surface area contributed by atoms with Gasteiger partial charge in [-0.05, 0) is 15.9 Å². The number of rotatable bonds is 1. The number of H-pyrrole nitrogens is 1. The molecule has 1 heterocycles. The molecule has 64 valence electrons. The number of hydrogen-bond acceptors (Lipinski definition) is 4. The van der Waals surface area contributed by atoms with E-state index in [9.17, 15) is 14.9 Å². The van der Waals surface area contributed by atoms with Crippen molar-refractivity contribution in [3.63, 3.8) is 0 Å². The molecule has 0 unspecified atom stereocenters. The van der Waals surface area contributed by atoms with Crippen LogP contribution in [-0.4, -0.2) is 9.91 Å². The highest BCUT2D eigenvalue weighted by Crippen LogP contribution is 2.19. The fraction of sp³-hybridized carbons (Fsp3) is 0. The average Bonchev–Trinajstić information content (AvgIpc) is 1.96. The summed E-state index contributed by atoms with van der Waals surface area (Å²) in [7, 11) is 0.